The van der Waals surface area contributed by atoms with Crippen molar-refractivity contribution >= 4 is 0 Å². The first-order valence-electron chi connectivity index (χ1n) is 8.09. The first-order chi connectivity index (χ1) is 9.55. The monoisotopic (exact) mass is 278 g/mol. The number of hydrogen-bond acceptors (Lipinski definition) is 3. The van der Waals surface area contributed by atoms with Crippen LogP contribution in [0.25, 0.3) is 0 Å². The molecule has 1 fully saturated rings. The summed E-state index contributed by atoms with van der Waals surface area (Å²) < 4.78 is 2.07. The van der Waals surface area contributed by atoms with E-state index in [1.807, 2.05) is 0 Å². The van der Waals surface area contributed by atoms with Crippen molar-refractivity contribution in [3.8, 4) is 0 Å². The number of nitrogens with zero attached hydrogens (tertiary/aromatic N) is 3. The highest BCUT2D eigenvalue weighted by Crippen LogP contribution is 2.39. The van der Waals surface area contributed by atoms with E-state index in [2.05, 4.69) is 47.9 Å². The van der Waals surface area contributed by atoms with Crippen LogP contribution in [-0.2, 0) is 13.0 Å². The minimum Gasteiger partial charge on any atom is -0.316 e. The Kier molecular flexibility index (Phi) is 5.19. The topological polar surface area (TPSA) is 42.7 Å². The molecule has 0 aliphatic heterocycles. The highest BCUT2D eigenvalue weighted by Gasteiger charge is 2.31. The minimum atomic E-state index is 0.533. The molecule has 2 rings (SSSR count). The van der Waals surface area contributed by atoms with Gasteiger partial charge in [-0.1, -0.05) is 20.8 Å². The second kappa shape index (κ2) is 6.70. The fourth-order valence-electron chi connectivity index (χ4n) is 3.37. The molecular weight excluding hydrogens is 248 g/mol. The fraction of sp³-hybridized carbons (Fsp3) is 0.875. The van der Waals surface area contributed by atoms with Gasteiger partial charge in [0.05, 0.1) is 0 Å². The number of nitrogens with one attached hydrogen (secondary N) is 1. The average molecular weight is 278 g/mol. The molecule has 1 aromatic rings. The van der Waals surface area contributed by atoms with Crippen LogP contribution in [0.2, 0.25) is 0 Å². The number of aromatic nitrogens is 3. The Morgan fingerprint density at radius 3 is 2.70 bits per heavy atom. The summed E-state index contributed by atoms with van der Waals surface area (Å²) in [5, 5.41) is 7.86. The van der Waals surface area contributed by atoms with Gasteiger partial charge >= 0.3 is 0 Å². The Hall–Kier alpha value is -0.900. The lowest BCUT2D eigenvalue weighted by molar-refractivity contribution is 0.162. The highest BCUT2D eigenvalue weighted by atomic mass is 15.3. The normalized spacial score (nSPS) is 21.0. The van der Waals surface area contributed by atoms with E-state index in [1.165, 1.54) is 25.7 Å². The lowest BCUT2D eigenvalue weighted by atomic mass is 9.70. The smallest absolute Gasteiger partial charge is 0.138 e. The maximum atomic E-state index is 4.46. The quantitative estimate of drug-likeness (QED) is 0.869. The second-order valence-electron chi connectivity index (χ2n) is 7.00. The molecule has 1 aliphatic carbocycles. The molecule has 20 heavy (non-hydrogen) atoms. The summed E-state index contributed by atoms with van der Waals surface area (Å²) in [4.78, 5) is 4.46. The van der Waals surface area contributed by atoms with E-state index in [9.17, 15) is 0 Å². The summed E-state index contributed by atoms with van der Waals surface area (Å²) in [7, 11) is 2.09. The molecule has 1 saturated carbocycles. The van der Waals surface area contributed by atoms with Gasteiger partial charge in [-0.25, -0.2) is 4.98 Å². The summed E-state index contributed by atoms with van der Waals surface area (Å²) in [5.74, 6) is 1.91. The van der Waals surface area contributed by atoms with Crippen LogP contribution in [-0.4, -0.2) is 27.9 Å². The molecule has 1 aromatic heterocycles. The van der Waals surface area contributed by atoms with Crippen LogP contribution in [0.15, 0.2) is 6.33 Å². The van der Waals surface area contributed by atoms with Crippen LogP contribution < -0.4 is 5.32 Å². The average Bonchev–Trinajstić information content (AvgIpc) is 2.84. The first kappa shape index (κ1) is 15.5. The van der Waals surface area contributed by atoms with Crippen molar-refractivity contribution in [2.75, 3.05) is 7.05 Å². The molecule has 0 aromatic carbocycles. The van der Waals surface area contributed by atoms with Crippen molar-refractivity contribution in [2.24, 2.45) is 11.3 Å². The van der Waals surface area contributed by atoms with Crippen LogP contribution in [0.3, 0.4) is 0 Å². The summed E-state index contributed by atoms with van der Waals surface area (Å²) in [6.07, 6.45) is 9.16. The molecule has 0 saturated heterocycles. The van der Waals surface area contributed by atoms with Gasteiger partial charge in [-0.3, -0.25) is 4.68 Å². The first-order valence-corrected chi connectivity index (χ1v) is 8.09. The van der Waals surface area contributed by atoms with Crippen molar-refractivity contribution in [3.63, 3.8) is 0 Å². The van der Waals surface area contributed by atoms with Gasteiger partial charge in [0.2, 0.25) is 0 Å². The zero-order chi connectivity index (χ0) is 14.6. The predicted molar refractivity (Wildman–Crippen MR) is 82.6 cm³/mol. The van der Waals surface area contributed by atoms with Gasteiger partial charge in [-0.15, -0.1) is 0 Å². The van der Waals surface area contributed by atoms with Crippen molar-refractivity contribution in [1.29, 1.82) is 0 Å². The number of rotatable bonds is 6. The molecule has 0 amide bonds. The Labute approximate surface area is 123 Å². The molecule has 4 nitrogen and oxygen atoms in total. The molecule has 0 spiro atoms. The van der Waals surface area contributed by atoms with E-state index in [4.69, 9.17) is 0 Å². The zero-order valence-electron chi connectivity index (χ0n) is 13.5. The molecule has 1 heterocycles. The maximum absolute atomic E-state index is 4.46. The highest BCUT2D eigenvalue weighted by molar-refractivity contribution is 4.94. The molecule has 4 heteroatoms. The minimum absolute atomic E-state index is 0.533. The van der Waals surface area contributed by atoms with Crippen LogP contribution in [0, 0.1) is 11.3 Å². The van der Waals surface area contributed by atoms with Gasteiger partial charge in [0.1, 0.15) is 12.2 Å². The van der Waals surface area contributed by atoms with E-state index >= 15 is 0 Å². The summed E-state index contributed by atoms with van der Waals surface area (Å²) in [6, 6.07) is 0.533. The molecule has 1 aliphatic rings. The van der Waals surface area contributed by atoms with Crippen LogP contribution in [0.4, 0.5) is 0 Å². The fourth-order valence-corrected chi connectivity index (χ4v) is 3.37. The Bertz CT molecular complexity index is 400. The summed E-state index contributed by atoms with van der Waals surface area (Å²) in [5.41, 5.74) is 0.539. The Morgan fingerprint density at radius 2 is 2.10 bits per heavy atom. The van der Waals surface area contributed by atoms with Crippen LogP contribution in [0.1, 0.15) is 58.7 Å². The standard InChI is InChI=1S/C16H30N4/c1-5-10-20-15(18-12-19-20)11-14(17-4)13-6-8-16(2,3)9-7-13/h12-14,17H,5-11H2,1-4H3. The maximum Gasteiger partial charge on any atom is 0.138 e. The number of aryl methyl sites for hydroxylation is 1. The largest absolute Gasteiger partial charge is 0.316 e. The summed E-state index contributed by atoms with van der Waals surface area (Å²) >= 11 is 0. The van der Waals surface area contributed by atoms with Gasteiger partial charge in [0, 0.05) is 19.0 Å². The van der Waals surface area contributed by atoms with Gasteiger partial charge in [-0.05, 0) is 50.5 Å². The van der Waals surface area contributed by atoms with Gasteiger partial charge in [0.25, 0.3) is 0 Å². The molecular formula is C16H30N4. The van der Waals surface area contributed by atoms with Crippen molar-refractivity contribution in [1.82, 2.24) is 20.1 Å². The number of hydrogen-bond donors (Lipinski definition) is 1. The second-order valence-corrected chi connectivity index (χ2v) is 7.00. The molecule has 1 N–H and O–H groups in total. The van der Waals surface area contributed by atoms with Gasteiger partial charge < -0.3 is 5.32 Å². The zero-order valence-corrected chi connectivity index (χ0v) is 13.5. The molecule has 1 atom stereocenters. The van der Waals surface area contributed by atoms with Gasteiger partial charge in [-0.2, -0.15) is 5.10 Å². The predicted octanol–water partition coefficient (Wildman–Crippen LogP) is 3.04. The van der Waals surface area contributed by atoms with Crippen LogP contribution in [0.5, 0.6) is 0 Å². The van der Waals surface area contributed by atoms with E-state index in [0.29, 0.717) is 11.5 Å². The third kappa shape index (κ3) is 3.81. The molecule has 114 valence electrons. The van der Waals surface area contributed by atoms with Gasteiger partial charge in [0.15, 0.2) is 0 Å². The van der Waals surface area contributed by atoms with E-state index in [-0.39, 0.29) is 0 Å². The van der Waals surface area contributed by atoms with Crippen molar-refractivity contribution in [3.05, 3.63) is 12.2 Å². The number of likely N-dealkylation sites (N-methyl/N-ethyl adjacent to an activating group) is 1. The van der Waals surface area contributed by atoms with Crippen LogP contribution >= 0.6 is 0 Å². The van der Waals surface area contributed by atoms with Crippen molar-refractivity contribution < 1.29 is 0 Å². The van der Waals surface area contributed by atoms with E-state index in [1.54, 1.807) is 6.33 Å². The lowest BCUT2D eigenvalue weighted by Gasteiger charge is -2.37. The SMILES string of the molecule is CCCn1ncnc1CC(NC)C1CCC(C)(C)CC1. The van der Waals surface area contributed by atoms with Crippen molar-refractivity contribution in [2.45, 2.75) is 71.9 Å². The third-order valence-electron chi connectivity index (χ3n) is 4.86. The van der Waals surface area contributed by atoms with E-state index < -0.39 is 0 Å². The van der Waals surface area contributed by atoms with E-state index in [0.717, 1.165) is 31.1 Å². The Balaban J connectivity index is 1.97. The molecule has 0 radical (unpaired) electrons. The lowest BCUT2D eigenvalue weighted by Crippen LogP contribution is -2.39. The Morgan fingerprint density at radius 1 is 1.40 bits per heavy atom. The summed E-state index contributed by atoms with van der Waals surface area (Å²) in [6.45, 7) is 7.96. The molecule has 1 unspecified atom stereocenters. The molecule has 0 bridgehead atoms. The third-order valence-corrected chi connectivity index (χ3v) is 4.86.